The Morgan fingerprint density at radius 1 is 0.161 bits per heavy atom. The van der Waals surface area contributed by atoms with E-state index in [4.69, 9.17) is 37.6 Å². The zero-order valence-corrected chi connectivity index (χ0v) is 60.0. The van der Waals surface area contributed by atoms with Crippen molar-refractivity contribution in [1.29, 1.82) is 0 Å². The summed E-state index contributed by atoms with van der Waals surface area (Å²) in [6.07, 6.45) is 7.38. The van der Waals surface area contributed by atoms with Gasteiger partial charge in [-0.1, -0.05) is 188 Å². The summed E-state index contributed by atoms with van der Waals surface area (Å²) in [7, 11) is 0. The molecule has 112 heavy (non-hydrogen) atoms. The molecule has 10 nitrogen and oxygen atoms in total. The molecule has 0 amide bonds. The van der Waals surface area contributed by atoms with Gasteiger partial charge in [-0.2, -0.15) is 0 Å². The Morgan fingerprint density at radius 3 is 0.884 bits per heavy atom. The summed E-state index contributed by atoms with van der Waals surface area (Å²) in [5.41, 5.74) is 29.4. The van der Waals surface area contributed by atoms with Gasteiger partial charge in [-0.25, -0.2) is 19.9 Å². The highest BCUT2D eigenvalue weighted by atomic mass is 16.3. The van der Waals surface area contributed by atoms with Crippen molar-refractivity contribution in [3.05, 3.63) is 365 Å². The van der Waals surface area contributed by atoms with E-state index in [-0.39, 0.29) is 0 Å². The van der Waals surface area contributed by atoms with E-state index in [1.54, 1.807) is 12.4 Å². The van der Waals surface area contributed by atoms with Crippen LogP contribution < -0.4 is 0 Å². The fraction of sp³-hybridized carbons (Fsp3) is 0. The first-order valence-electron chi connectivity index (χ1n) is 37.4. The van der Waals surface area contributed by atoms with E-state index in [1.165, 1.54) is 0 Å². The van der Waals surface area contributed by atoms with Crippen LogP contribution in [0.1, 0.15) is 0 Å². The molecule has 0 aliphatic rings. The van der Waals surface area contributed by atoms with E-state index >= 15 is 0 Å². The van der Waals surface area contributed by atoms with Gasteiger partial charge < -0.3 is 17.7 Å². The van der Waals surface area contributed by atoms with Gasteiger partial charge in [0.25, 0.3) is 0 Å². The normalized spacial score (nSPS) is 11.8. The van der Waals surface area contributed by atoms with Crippen molar-refractivity contribution < 1.29 is 17.7 Å². The molecule has 0 saturated carbocycles. The van der Waals surface area contributed by atoms with Crippen LogP contribution in [0.3, 0.4) is 0 Å². The van der Waals surface area contributed by atoms with E-state index in [0.29, 0.717) is 11.6 Å². The summed E-state index contributed by atoms with van der Waals surface area (Å²) in [5.74, 6) is 1.25. The molecule has 14 aromatic carbocycles. The molecule has 0 spiro atoms. The van der Waals surface area contributed by atoms with E-state index in [9.17, 15) is 0 Å². The van der Waals surface area contributed by atoms with Crippen LogP contribution >= 0.6 is 0 Å². The molecule has 8 heterocycles. The predicted molar refractivity (Wildman–Crippen MR) is 453 cm³/mol. The maximum absolute atomic E-state index is 6.95. The number of para-hydroxylation sites is 2. The van der Waals surface area contributed by atoms with Gasteiger partial charge in [0.1, 0.15) is 44.7 Å². The van der Waals surface area contributed by atoms with Crippen LogP contribution in [-0.2, 0) is 0 Å². The average Bonchev–Trinajstić information content (AvgIpc) is 1.60. The van der Waals surface area contributed by atoms with Crippen molar-refractivity contribution in [1.82, 2.24) is 29.9 Å². The third-order valence-corrected chi connectivity index (χ3v) is 21.7. The molecule has 0 fully saturated rings. The summed E-state index contributed by atoms with van der Waals surface area (Å²) in [5, 5.41) is 8.39. The lowest BCUT2D eigenvalue weighted by Crippen LogP contribution is -1.97. The van der Waals surface area contributed by atoms with E-state index in [2.05, 4.69) is 277 Å². The zero-order chi connectivity index (χ0) is 73.7. The molecule has 0 atom stereocenters. The Hall–Kier alpha value is -15.3. The molecule has 0 saturated heterocycles. The van der Waals surface area contributed by atoms with Crippen LogP contribution in [0.2, 0.25) is 0 Å². The van der Waals surface area contributed by atoms with Gasteiger partial charge in [0.05, 0.1) is 22.8 Å². The molecule has 0 unspecified atom stereocenters. The van der Waals surface area contributed by atoms with E-state index in [1.807, 2.05) is 85.2 Å². The highest BCUT2D eigenvalue weighted by Crippen LogP contribution is 2.45. The smallest absolute Gasteiger partial charge is 0.160 e. The maximum atomic E-state index is 6.95. The standard InChI is InChI=1S/C102H60N6O4/c1-3-16-61(17-4-1)101-105-89(70-21-13-20-63(44-70)71-22-14-42-103-59-71)57-90(106-101)77-47-73(66-32-38-83-81-26-9-11-28-93(81)109-95(83)53-66)45-74(48-77)68-34-40-87-85-36-30-64(51-97(85)111-99(87)55-68)65-31-37-86-88-41-35-69(56-100(88)112-98(86)52-65)76-46-75(67-33-39-84-82-27-10-12-29-94(82)110-96(84)54-67)49-78(50-76)91-58-92(108-102(107-91)62-18-5-2-6-19-62)80-25-8-7-24-79(80)72-23-15-43-104-60-72/h1-60H. The van der Waals surface area contributed by atoms with Gasteiger partial charge in [0, 0.05) is 112 Å². The first-order chi connectivity index (χ1) is 55.4. The second kappa shape index (κ2) is 26.3. The number of hydrogen-bond acceptors (Lipinski definition) is 10. The minimum atomic E-state index is 0.622. The number of nitrogens with zero attached hydrogens (tertiary/aromatic N) is 6. The van der Waals surface area contributed by atoms with Crippen LogP contribution in [0.5, 0.6) is 0 Å². The summed E-state index contributed by atoms with van der Waals surface area (Å²) < 4.78 is 26.9. The molecule has 522 valence electrons. The predicted octanol–water partition coefficient (Wildman–Crippen LogP) is 27.3. The highest BCUT2D eigenvalue weighted by Gasteiger charge is 2.22. The Balaban J connectivity index is 0.629. The monoisotopic (exact) mass is 1430 g/mol. The van der Waals surface area contributed by atoms with Crippen molar-refractivity contribution in [3.63, 3.8) is 0 Å². The molecular formula is C102H60N6O4. The van der Waals surface area contributed by atoms with Gasteiger partial charge >= 0.3 is 0 Å². The van der Waals surface area contributed by atoms with E-state index < -0.39 is 0 Å². The summed E-state index contributed by atoms with van der Waals surface area (Å²) in [4.78, 5) is 30.2. The zero-order valence-electron chi connectivity index (χ0n) is 60.0. The SMILES string of the molecule is c1ccc(-c2nc(-c3cccc(-c4cccnc4)c3)cc(-c3cc(-c4ccc5c(c4)oc4ccccc45)cc(-c4ccc5c(c4)oc4cc(-c6ccc7c(c6)oc6cc(-c8cc(-c9ccc%10c(c9)oc9ccccc9%10)cc(-c9cc(-c%10ccccc%10-c%10cccnc%10)nc(-c%10ccccc%10)n9)c8)ccc67)ccc45)c3)n2)cc1. The number of pyridine rings is 2. The van der Waals surface area contributed by atoms with Crippen molar-refractivity contribution >= 4 is 87.8 Å². The lowest BCUT2D eigenvalue weighted by Gasteiger charge is -2.15. The topological polar surface area (TPSA) is 130 Å². The van der Waals surface area contributed by atoms with Gasteiger partial charge in [-0.15, -0.1) is 0 Å². The molecule has 8 aromatic heterocycles. The van der Waals surface area contributed by atoms with Crippen LogP contribution in [0.15, 0.2) is 382 Å². The first kappa shape index (κ1) is 64.0. The highest BCUT2D eigenvalue weighted by molar-refractivity contribution is 6.11. The van der Waals surface area contributed by atoms with Crippen molar-refractivity contribution in [2.75, 3.05) is 0 Å². The molecule has 0 radical (unpaired) electrons. The number of rotatable bonds is 13. The van der Waals surface area contributed by atoms with Gasteiger partial charge in [-0.3, -0.25) is 9.97 Å². The Labute approximate surface area is 641 Å². The van der Waals surface area contributed by atoms with Crippen LogP contribution in [0.25, 0.3) is 233 Å². The number of hydrogen-bond donors (Lipinski definition) is 0. The molecule has 0 bridgehead atoms. The van der Waals surface area contributed by atoms with E-state index in [0.717, 1.165) is 222 Å². The van der Waals surface area contributed by atoms with Crippen molar-refractivity contribution in [2.24, 2.45) is 0 Å². The van der Waals surface area contributed by atoms with Gasteiger partial charge in [0.2, 0.25) is 0 Å². The van der Waals surface area contributed by atoms with Crippen molar-refractivity contribution in [2.45, 2.75) is 0 Å². The number of aromatic nitrogens is 6. The average molecular weight is 1430 g/mol. The number of fused-ring (bicyclic) bond motifs is 12. The van der Waals surface area contributed by atoms with Crippen LogP contribution in [-0.4, -0.2) is 29.9 Å². The molecule has 0 aliphatic carbocycles. The number of furan rings is 4. The fourth-order valence-corrected chi connectivity index (χ4v) is 16.1. The summed E-state index contributed by atoms with van der Waals surface area (Å²) in [6.45, 7) is 0. The second-order valence-corrected chi connectivity index (χ2v) is 28.5. The molecule has 0 N–H and O–H groups in total. The summed E-state index contributed by atoms with van der Waals surface area (Å²) >= 11 is 0. The maximum Gasteiger partial charge on any atom is 0.160 e. The third kappa shape index (κ3) is 11.4. The Morgan fingerprint density at radius 2 is 0.455 bits per heavy atom. The third-order valence-electron chi connectivity index (χ3n) is 21.7. The van der Waals surface area contributed by atoms with Crippen LogP contribution in [0, 0.1) is 0 Å². The number of benzene rings is 14. The summed E-state index contributed by atoms with van der Waals surface area (Å²) in [6, 6.07) is 118. The minimum absolute atomic E-state index is 0.622. The minimum Gasteiger partial charge on any atom is -0.456 e. The molecule has 0 aliphatic heterocycles. The molecule has 22 rings (SSSR count). The van der Waals surface area contributed by atoms with Gasteiger partial charge in [-0.05, 0) is 218 Å². The van der Waals surface area contributed by atoms with Gasteiger partial charge in [0.15, 0.2) is 11.6 Å². The molecule has 10 heteroatoms. The Kier molecular flexibility index (Phi) is 15.0. The quantitative estimate of drug-likeness (QED) is 0.110. The Bertz CT molecular complexity index is 7510. The first-order valence-corrected chi connectivity index (χ1v) is 37.4. The van der Waals surface area contributed by atoms with Crippen molar-refractivity contribution in [3.8, 4) is 146 Å². The molecule has 22 aromatic rings. The fourth-order valence-electron chi connectivity index (χ4n) is 16.1. The second-order valence-electron chi connectivity index (χ2n) is 28.5. The lowest BCUT2D eigenvalue weighted by molar-refractivity contribution is 0.668. The lowest BCUT2D eigenvalue weighted by atomic mass is 9.93. The molecular weight excluding hydrogens is 1370 g/mol. The van der Waals surface area contributed by atoms with Crippen LogP contribution in [0.4, 0.5) is 0 Å². The largest absolute Gasteiger partial charge is 0.456 e.